The molecule has 3 aliphatic rings. The van der Waals surface area contributed by atoms with E-state index in [1.807, 2.05) is 47.3 Å². The molecule has 5 nitrogen and oxygen atoms in total. The van der Waals surface area contributed by atoms with E-state index in [2.05, 4.69) is 131 Å². The van der Waals surface area contributed by atoms with E-state index >= 15 is 0 Å². The normalized spacial score (nSPS) is 15.3. The SMILES string of the molecule is CN1CN(c2cccc(Oc3cccc(-c4ncn5ccccc45)c3)c2)C2=C1[Si]1(c3ccccc32)c2ccccc2-c2ccccc21. The molecule has 10 rings (SSSR count). The summed E-state index contributed by atoms with van der Waals surface area (Å²) in [6.07, 6.45) is 3.88. The lowest BCUT2D eigenvalue weighted by Gasteiger charge is -2.33. The van der Waals surface area contributed by atoms with Crippen LogP contribution in [0.3, 0.4) is 0 Å². The Hall–Kier alpha value is -5.85. The molecule has 1 spiro atoms. The first kappa shape index (κ1) is 26.4. The summed E-state index contributed by atoms with van der Waals surface area (Å²) in [5, 5.41) is 5.95. The molecule has 0 radical (unpaired) electrons. The zero-order valence-electron chi connectivity index (χ0n) is 25.8. The van der Waals surface area contributed by atoms with Crippen LogP contribution in [0.25, 0.3) is 33.6 Å². The van der Waals surface area contributed by atoms with Gasteiger partial charge in [-0.3, -0.25) is 0 Å². The number of rotatable bonds is 4. The van der Waals surface area contributed by atoms with Crippen LogP contribution in [0.1, 0.15) is 5.56 Å². The van der Waals surface area contributed by atoms with Gasteiger partial charge in [0.05, 0.1) is 29.9 Å². The van der Waals surface area contributed by atoms with Crippen LogP contribution in [0.4, 0.5) is 5.69 Å². The Bertz CT molecular complexity index is 2380. The first-order chi connectivity index (χ1) is 23.2. The highest BCUT2D eigenvalue weighted by atomic mass is 28.3. The highest BCUT2D eigenvalue weighted by molar-refractivity contribution is 7.20. The van der Waals surface area contributed by atoms with Crippen molar-refractivity contribution < 1.29 is 4.74 Å². The Labute approximate surface area is 274 Å². The van der Waals surface area contributed by atoms with E-state index in [-0.39, 0.29) is 0 Å². The third kappa shape index (κ3) is 3.61. The smallest absolute Gasteiger partial charge is 0.203 e. The maximum atomic E-state index is 6.54. The molecule has 0 saturated heterocycles. The van der Waals surface area contributed by atoms with Gasteiger partial charge in [0.2, 0.25) is 8.07 Å². The van der Waals surface area contributed by atoms with Crippen molar-refractivity contribution in [2.24, 2.45) is 0 Å². The molecule has 5 aromatic carbocycles. The predicted octanol–water partition coefficient (Wildman–Crippen LogP) is 6.88. The Kier molecular flexibility index (Phi) is 5.51. The van der Waals surface area contributed by atoms with Gasteiger partial charge in [-0.2, -0.15) is 0 Å². The zero-order valence-corrected chi connectivity index (χ0v) is 26.8. The number of anilines is 1. The fraction of sp³-hybridized carbons (Fsp3) is 0.0488. The third-order valence-electron chi connectivity index (χ3n) is 10.0. The Morgan fingerprint density at radius 2 is 1.28 bits per heavy atom. The highest BCUT2D eigenvalue weighted by Crippen LogP contribution is 2.47. The number of nitrogens with zero attached hydrogens (tertiary/aromatic N) is 4. The number of benzene rings is 5. The maximum Gasteiger partial charge on any atom is 0.203 e. The van der Waals surface area contributed by atoms with Gasteiger partial charge < -0.3 is 18.9 Å². The average molecular weight is 623 g/mol. The molecule has 5 heterocycles. The molecule has 7 aromatic rings. The van der Waals surface area contributed by atoms with E-state index in [9.17, 15) is 0 Å². The van der Waals surface area contributed by atoms with Gasteiger partial charge in [-0.15, -0.1) is 0 Å². The minimum atomic E-state index is -2.50. The maximum absolute atomic E-state index is 6.54. The topological polar surface area (TPSA) is 33.0 Å². The van der Waals surface area contributed by atoms with Crippen LogP contribution < -0.4 is 25.2 Å². The number of imidazole rings is 1. The van der Waals surface area contributed by atoms with Gasteiger partial charge in [0.15, 0.2) is 0 Å². The van der Waals surface area contributed by atoms with Gasteiger partial charge in [-0.05, 0) is 63.1 Å². The Balaban J connectivity index is 1.07. The number of ether oxygens (including phenoxy) is 1. The van der Waals surface area contributed by atoms with Crippen LogP contribution in [0.15, 0.2) is 157 Å². The Morgan fingerprint density at radius 3 is 2.04 bits per heavy atom. The predicted molar refractivity (Wildman–Crippen MR) is 192 cm³/mol. The van der Waals surface area contributed by atoms with E-state index in [1.165, 1.54) is 43.3 Å². The first-order valence-corrected chi connectivity index (χ1v) is 18.0. The standard InChI is InChI=1S/C41H30N4OSi/c1-43-27-45(29-13-11-15-31(25-29)46-30-14-10-12-28(24-30)39-35-19-8-9-23-44(35)26-42-39)40-34-18-4-7-22-38(34)47(41(40)43)36-20-5-2-16-32(36)33-17-3-6-21-37(33)47/h2-26H,27H2,1H3. The molecule has 0 N–H and O–H groups in total. The number of pyridine rings is 1. The lowest BCUT2D eigenvalue weighted by atomic mass is 10.1. The zero-order chi connectivity index (χ0) is 31.1. The van der Waals surface area contributed by atoms with Gasteiger partial charge in [0, 0.05) is 41.4 Å². The monoisotopic (exact) mass is 622 g/mol. The molecule has 0 bridgehead atoms. The molecule has 0 amide bonds. The second kappa shape index (κ2) is 9.82. The average Bonchev–Trinajstić information content (AvgIpc) is 3.86. The van der Waals surface area contributed by atoms with Crippen molar-refractivity contribution in [3.8, 4) is 33.9 Å². The van der Waals surface area contributed by atoms with Crippen molar-refractivity contribution in [1.29, 1.82) is 0 Å². The van der Waals surface area contributed by atoms with Crippen LogP contribution in [-0.4, -0.2) is 36.1 Å². The van der Waals surface area contributed by atoms with Crippen molar-refractivity contribution >= 4 is 40.5 Å². The van der Waals surface area contributed by atoms with Crippen molar-refractivity contribution in [3.05, 3.63) is 163 Å². The van der Waals surface area contributed by atoms with Gasteiger partial charge in [-0.25, -0.2) is 4.98 Å². The van der Waals surface area contributed by atoms with E-state index in [0.717, 1.165) is 40.6 Å². The van der Waals surface area contributed by atoms with Crippen molar-refractivity contribution in [3.63, 3.8) is 0 Å². The largest absolute Gasteiger partial charge is 0.457 e. The molecule has 6 heteroatoms. The summed E-state index contributed by atoms with van der Waals surface area (Å²) in [6.45, 7) is 0.782. The van der Waals surface area contributed by atoms with Crippen LogP contribution >= 0.6 is 0 Å². The van der Waals surface area contributed by atoms with Crippen LogP contribution in [0.2, 0.25) is 0 Å². The lowest BCUT2D eigenvalue weighted by Crippen LogP contribution is -2.67. The van der Waals surface area contributed by atoms with E-state index in [0.29, 0.717) is 0 Å². The van der Waals surface area contributed by atoms with E-state index in [4.69, 9.17) is 4.74 Å². The highest BCUT2D eigenvalue weighted by Gasteiger charge is 2.59. The minimum absolute atomic E-state index is 0.782. The number of fused-ring (bicyclic) bond motifs is 10. The second-order valence-electron chi connectivity index (χ2n) is 12.6. The number of aromatic nitrogens is 2. The van der Waals surface area contributed by atoms with Crippen LogP contribution in [-0.2, 0) is 0 Å². The van der Waals surface area contributed by atoms with E-state index < -0.39 is 8.07 Å². The second-order valence-corrected chi connectivity index (χ2v) is 16.2. The van der Waals surface area contributed by atoms with Crippen molar-refractivity contribution in [2.75, 3.05) is 18.6 Å². The molecular weight excluding hydrogens is 593 g/mol. The van der Waals surface area contributed by atoms with Gasteiger partial charge >= 0.3 is 0 Å². The molecular formula is C41H30N4OSi. The van der Waals surface area contributed by atoms with Crippen molar-refractivity contribution in [2.45, 2.75) is 0 Å². The summed E-state index contributed by atoms with van der Waals surface area (Å²) in [7, 11) is -0.232. The summed E-state index contributed by atoms with van der Waals surface area (Å²) in [6, 6.07) is 50.2. The number of hydrogen-bond acceptors (Lipinski definition) is 4. The minimum Gasteiger partial charge on any atom is -0.457 e. The van der Waals surface area contributed by atoms with E-state index in [1.54, 1.807) is 0 Å². The van der Waals surface area contributed by atoms with Crippen molar-refractivity contribution in [1.82, 2.24) is 14.3 Å². The molecule has 224 valence electrons. The Morgan fingerprint density at radius 1 is 0.638 bits per heavy atom. The van der Waals surface area contributed by atoms with Gasteiger partial charge in [0.25, 0.3) is 0 Å². The number of hydrogen-bond donors (Lipinski definition) is 0. The summed E-state index contributed by atoms with van der Waals surface area (Å²) in [5.74, 6) is 1.59. The molecule has 3 aliphatic heterocycles. The third-order valence-corrected chi connectivity index (χ3v) is 15.1. The molecule has 47 heavy (non-hydrogen) atoms. The molecule has 2 aromatic heterocycles. The van der Waals surface area contributed by atoms with Gasteiger partial charge in [0.1, 0.15) is 11.5 Å². The molecule has 0 atom stereocenters. The first-order valence-electron chi connectivity index (χ1n) is 16.0. The molecule has 0 aliphatic carbocycles. The quantitative estimate of drug-likeness (QED) is 0.201. The summed E-state index contributed by atoms with van der Waals surface area (Å²) >= 11 is 0. The van der Waals surface area contributed by atoms with Crippen LogP contribution in [0.5, 0.6) is 11.5 Å². The lowest BCUT2D eigenvalue weighted by molar-refractivity contribution is 0.476. The molecule has 0 fully saturated rings. The fourth-order valence-corrected chi connectivity index (χ4v) is 14.1. The summed E-state index contributed by atoms with van der Waals surface area (Å²) in [5.41, 5.74) is 9.59. The molecule has 0 unspecified atom stereocenters. The summed E-state index contributed by atoms with van der Waals surface area (Å²) < 4.78 is 8.58. The molecule has 0 saturated carbocycles. The summed E-state index contributed by atoms with van der Waals surface area (Å²) in [4.78, 5) is 9.68. The van der Waals surface area contributed by atoms with Gasteiger partial charge in [-0.1, -0.05) is 97.1 Å². The fourth-order valence-electron chi connectivity index (χ4n) is 8.26. The van der Waals surface area contributed by atoms with Crippen LogP contribution in [0, 0.1) is 0 Å².